The minimum Gasteiger partial charge on any atom is -0.0985 e. The Morgan fingerprint density at radius 1 is 0.542 bits per heavy atom. The third-order valence-electron chi connectivity index (χ3n) is 4.42. The summed E-state index contributed by atoms with van der Waals surface area (Å²) in [6.07, 6.45) is 1.90. The molecule has 0 heterocycles. The van der Waals surface area contributed by atoms with E-state index >= 15 is 0 Å². The summed E-state index contributed by atoms with van der Waals surface area (Å²) < 4.78 is 0. The van der Waals surface area contributed by atoms with Gasteiger partial charge < -0.3 is 0 Å². The fourth-order valence-corrected chi connectivity index (χ4v) is 3.15. The van der Waals surface area contributed by atoms with Gasteiger partial charge in [-0.2, -0.15) is 0 Å². The topological polar surface area (TPSA) is 0 Å². The van der Waals surface area contributed by atoms with E-state index in [-0.39, 0.29) is 0 Å². The summed E-state index contributed by atoms with van der Waals surface area (Å²) in [5.41, 5.74) is 6.09. The fourth-order valence-electron chi connectivity index (χ4n) is 3.15. The van der Waals surface area contributed by atoms with E-state index in [1.807, 2.05) is 6.08 Å². The summed E-state index contributed by atoms with van der Waals surface area (Å²) in [4.78, 5) is 0. The molecule has 0 heteroatoms. The molecule has 0 unspecified atom stereocenters. The molecule has 0 aliphatic heterocycles. The van der Waals surface area contributed by atoms with Crippen LogP contribution in [-0.2, 0) is 0 Å². The predicted molar refractivity (Wildman–Crippen MR) is 105 cm³/mol. The van der Waals surface area contributed by atoms with Gasteiger partial charge in [0.05, 0.1) is 0 Å². The van der Waals surface area contributed by atoms with Crippen LogP contribution in [0.15, 0.2) is 97.6 Å². The lowest BCUT2D eigenvalue weighted by molar-refractivity contribution is 1.58. The van der Waals surface area contributed by atoms with Crippen molar-refractivity contribution in [3.05, 3.63) is 103 Å². The molecule has 0 aliphatic rings. The highest BCUT2D eigenvalue weighted by molar-refractivity contribution is 5.91. The van der Waals surface area contributed by atoms with Gasteiger partial charge in [-0.3, -0.25) is 0 Å². The minimum absolute atomic E-state index is 1.14. The van der Waals surface area contributed by atoms with Gasteiger partial charge in [0.1, 0.15) is 0 Å². The molecule has 0 amide bonds. The Morgan fingerprint density at radius 3 is 2.08 bits per heavy atom. The first-order valence-corrected chi connectivity index (χ1v) is 8.16. The molecule has 0 N–H and O–H groups in total. The zero-order valence-electron chi connectivity index (χ0n) is 13.4. The van der Waals surface area contributed by atoms with Crippen LogP contribution >= 0.6 is 0 Å². The maximum Gasteiger partial charge on any atom is -0.00992 e. The molecule has 114 valence electrons. The van der Waals surface area contributed by atoms with E-state index in [9.17, 15) is 0 Å². The highest BCUT2D eigenvalue weighted by atomic mass is 14.1. The second kappa shape index (κ2) is 6.17. The highest BCUT2D eigenvalue weighted by Crippen LogP contribution is 2.34. The lowest BCUT2D eigenvalue weighted by atomic mass is 9.92. The van der Waals surface area contributed by atoms with E-state index < -0.39 is 0 Å². The third kappa shape index (κ3) is 2.63. The summed E-state index contributed by atoms with van der Waals surface area (Å²) in [7, 11) is 0. The number of hydrogen-bond donors (Lipinski definition) is 0. The molecule has 0 saturated carbocycles. The normalized spacial score (nSPS) is 10.7. The van der Waals surface area contributed by atoms with E-state index in [0.29, 0.717) is 0 Å². The standard InChI is InChI=1S/C24H18/c1-2-18-12-15-23(20-9-4-3-5-10-20)24(16-18)22-14-13-19-8-6-7-11-21(19)17-22/h2-17H,1H2. The van der Waals surface area contributed by atoms with Gasteiger partial charge in [0, 0.05) is 0 Å². The van der Waals surface area contributed by atoms with Gasteiger partial charge in [0.25, 0.3) is 0 Å². The average molecular weight is 306 g/mol. The van der Waals surface area contributed by atoms with E-state index in [1.54, 1.807) is 0 Å². The third-order valence-corrected chi connectivity index (χ3v) is 4.42. The molecule has 0 aromatic heterocycles. The molecule has 4 aromatic rings. The lowest BCUT2D eigenvalue weighted by Gasteiger charge is -2.12. The Hall–Kier alpha value is -3.12. The molecule has 0 atom stereocenters. The summed E-state index contributed by atoms with van der Waals surface area (Å²) >= 11 is 0. The van der Waals surface area contributed by atoms with E-state index in [0.717, 1.165) is 5.56 Å². The van der Waals surface area contributed by atoms with Crippen LogP contribution in [0, 0.1) is 0 Å². The maximum absolute atomic E-state index is 3.92. The zero-order chi connectivity index (χ0) is 16.4. The van der Waals surface area contributed by atoms with E-state index in [4.69, 9.17) is 0 Å². The summed E-state index contributed by atoms with van der Waals surface area (Å²) in [6, 6.07) is 32.2. The van der Waals surface area contributed by atoms with Gasteiger partial charge in [-0.1, -0.05) is 91.5 Å². The molecule has 4 aromatic carbocycles. The maximum atomic E-state index is 3.92. The largest absolute Gasteiger partial charge is 0.0985 e. The molecule has 0 aliphatic carbocycles. The number of rotatable bonds is 3. The van der Waals surface area contributed by atoms with Crippen LogP contribution in [0.25, 0.3) is 39.1 Å². The van der Waals surface area contributed by atoms with Crippen LogP contribution in [-0.4, -0.2) is 0 Å². The molecule has 4 rings (SSSR count). The SMILES string of the molecule is C=Cc1ccc(-c2ccccc2)c(-c2ccc3ccccc3c2)c1. The minimum atomic E-state index is 1.14. The molecule has 0 nitrogen and oxygen atoms in total. The van der Waals surface area contributed by atoms with Crippen LogP contribution in [0.3, 0.4) is 0 Å². The Kier molecular flexibility index (Phi) is 3.72. The molecule has 0 fully saturated rings. The van der Waals surface area contributed by atoms with Crippen molar-refractivity contribution < 1.29 is 0 Å². The van der Waals surface area contributed by atoms with Crippen molar-refractivity contribution in [2.75, 3.05) is 0 Å². The van der Waals surface area contributed by atoms with Crippen LogP contribution in [0.1, 0.15) is 5.56 Å². The summed E-state index contributed by atoms with van der Waals surface area (Å²) in [5.74, 6) is 0. The predicted octanol–water partition coefficient (Wildman–Crippen LogP) is 6.82. The smallest absolute Gasteiger partial charge is 0.00992 e. The Morgan fingerprint density at radius 2 is 1.29 bits per heavy atom. The van der Waals surface area contributed by atoms with Crippen molar-refractivity contribution in [3.63, 3.8) is 0 Å². The van der Waals surface area contributed by atoms with Crippen LogP contribution in [0.5, 0.6) is 0 Å². The second-order valence-electron chi connectivity index (χ2n) is 5.94. The Bertz CT molecular complexity index is 1010. The van der Waals surface area contributed by atoms with Crippen molar-refractivity contribution in [3.8, 4) is 22.3 Å². The van der Waals surface area contributed by atoms with Crippen LogP contribution in [0.4, 0.5) is 0 Å². The molecule has 0 bridgehead atoms. The van der Waals surface area contributed by atoms with Crippen molar-refractivity contribution in [1.29, 1.82) is 0 Å². The molecule has 0 saturated heterocycles. The molecular formula is C24H18. The van der Waals surface area contributed by atoms with Crippen molar-refractivity contribution >= 4 is 16.8 Å². The average Bonchev–Trinajstić information content (AvgIpc) is 2.68. The summed E-state index contributed by atoms with van der Waals surface area (Å²) in [6.45, 7) is 3.92. The Labute approximate surface area is 142 Å². The van der Waals surface area contributed by atoms with Crippen LogP contribution in [0.2, 0.25) is 0 Å². The first-order valence-electron chi connectivity index (χ1n) is 8.16. The molecule has 0 spiro atoms. The first-order chi connectivity index (χ1) is 11.8. The first kappa shape index (κ1) is 14.5. The highest BCUT2D eigenvalue weighted by Gasteiger charge is 2.08. The van der Waals surface area contributed by atoms with Crippen molar-refractivity contribution in [2.45, 2.75) is 0 Å². The van der Waals surface area contributed by atoms with Crippen molar-refractivity contribution in [1.82, 2.24) is 0 Å². The van der Waals surface area contributed by atoms with Gasteiger partial charge in [-0.25, -0.2) is 0 Å². The quantitative estimate of drug-likeness (QED) is 0.389. The monoisotopic (exact) mass is 306 g/mol. The van der Waals surface area contributed by atoms with E-state index in [1.165, 1.54) is 33.0 Å². The number of hydrogen-bond acceptors (Lipinski definition) is 0. The van der Waals surface area contributed by atoms with Crippen LogP contribution < -0.4 is 0 Å². The summed E-state index contributed by atoms with van der Waals surface area (Å²) in [5, 5.41) is 2.53. The van der Waals surface area contributed by atoms with E-state index in [2.05, 4.69) is 97.6 Å². The second-order valence-corrected chi connectivity index (χ2v) is 5.94. The zero-order valence-corrected chi connectivity index (χ0v) is 13.4. The fraction of sp³-hybridized carbons (Fsp3) is 0. The van der Waals surface area contributed by atoms with Gasteiger partial charge in [-0.05, 0) is 50.7 Å². The number of benzene rings is 4. The van der Waals surface area contributed by atoms with Gasteiger partial charge in [-0.15, -0.1) is 0 Å². The molecule has 0 radical (unpaired) electrons. The van der Waals surface area contributed by atoms with Gasteiger partial charge >= 0.3 is 0 Å². The lowest BCUT2D eigenvalue weighted by Crippen LogP contribution is -1.87. The number of fused-ring (bicyclic) bond motifs is 1. The Balaban J connectivity index is 1.96. The molecular weight excluding hydrogens is 288 g/mol. The van der Waals surface area contributed by atoms with Crippen molar-refractivity contribution in [2.24, 2.45) is 0 Å². The van der Waals surface area contributed by atoms with Gasteiger partial charge in [0.15, 0.2) is 0 Å². The van der Waals surface area contributed by atoms with Gasteiger partial charge in [0.2, 0.25) is 0 Å². The molecule has 24 heavy (non-hydrogen) atoms.